The van der Waals surface area contributed by atoms with Gasteiger partial charge in [-0.25, -0.2) is 0 Å². The molecule has 21 heavy (non-hydrogen) atoms. The van der Waals surface area contributed by atoms with E-state index in [1.165, 1.54) is 23.1 Å². The van der Waals surface area contributed by atoms with Gasteiger partial charge in [-0.1, -0.05) is 42.5 Å². The van der Waals surface area contributed by atoms with Crippen molar-refractivity contribution in [1.29, 1.82) is 0 Å². The zero-order chi connectivity index (χ0) is 14.5. The van der Waals surface area contributed by atoms with Crippen LogP contribution in [0.2, 0.25) is 0 Å². The van der Waals surface area contributed by atoms with Crippen LogP contribution in [0.25, 0.3) is 6.08 Å². The van der Waals surface area contributed by atoms with Crippen LogP contribution in [0.15, 0.2) is 54.6 Å². The second kappa shape index (κ2) is 6.59. The van der Waals surface area contributed by atoms with Crippen molar-refractivity contribution in [1.82, 2.24) is 5.32 Å². The number of aryl methyl sites for hydroxylation is 1. The van der Waals surface area contributed by atoms with Crippen molar-refractivity contribution in [3.8, 4) is 5.75 Å². The highest BCUT2D eigenvalue weighted by molar-refractivity contribution is 5.48. The van der Waals surface area contributed by atoms with Gasteiger partial charge in [-0.2, -0.15) is 0 Å². The quantitative estimate of drug-likeness (QED) is 0.893. The first-order chi connectivity index (χ1) is 10.4. The monoisotopic (exact) mass is 279 g/mol. The second-order valence-electron chi connectivity index (χ2n) is 5.36. The summed E-state index contributed by atoms with van der Waals surface area (Å²) in [4.78, 5) is 0. The van der Waals surface area contributed by atoms with Crippen molar-refractivity contribution in [2.45, 2.75) is 18.9 Å². The molecule has 0 fully saturated rings. The predicted molar refractivity (Wildman–Crippen MR) is 87.5 cm³/mol. The van der Waals surface area contributed by atoms with Crippen LogP contribution in [-0.2, 0) is 6.42 Å². The molecule has 1 unspecified atom stereocenters. The van der Waals surface area contributed by atoms with Crippen molar-refractivity contribution < 1.29 is 4.74 Å². The molecule has 2 aromatic rings. The van der Waals surface area contributed by atoms with Gasteiger partial charge in [0.05, 0.1) is 0 Å². The van der Waals surface area contributed by atoms with Gasteiger partial charge >= 0.3 is 0 Å². The third kappa shape index (κ3) is 3.34. The Kier molecular flexibility index (Phi) is 4.37. The molecule has 0 spiro atoms. The highest BCUT2D eigenvalue weighted by Gasteiger charge is 2.20. The highest BCUT2D eigenvalue weighted by Crippen LogP contribution is 2.33. The number of hydrogen-bond acceptors (Lipinski definition) is 2. The summed E-state index contributed by atoms with van der Waals surface area (Å²) in [7, 11) is 2.03. The number of rotatable bonds is 5. The van der Waals surface area contributed by atoms with E-state index in [0.29, 0.717) is 12.6 Å². The Balaban J connectivity index is 1.58. The number of hydrogen-bond donors (Lipinski definition) is 1. The van der Waals surface area contributed by atoms with Gasteiger partial charge in [0, 0.05) is 6.04 Å². The van der Waals surface area contributed by atoms with Gasteiger partial charge in [0.25, 0.3) is 0 Å². The molecule has 0 heterocycles. The van der Waals surface area contributed by atoms with Gasteiger partial charge in [-0.15, -0.1) is 0 Å². The molecule has 108 valence electrons. The number of nitrogens with one attached hydrogen (secondary N) is 1. The molecule has 0 bridgehead atoms. The lowest BCUT2D eigenvalue weighted by Gasteiger charge is -2.10. The van der Waals surface area contributed by atoms with Crippen LogP contribution in [0.1, 0.15) is 29.2 Å². The van der Waals surface area contributed by atoms with Gasteiger partial charge in [-0.05, 0) is 54.8 Å². The van der Waals surface area contributed by atoms with E-state index in [2.05, 4.69) is 47.8 Å². The molecule has 2 nitrogen and oxygen atoms in total. The fourth-order valence-electron chi connectivity index (χ4n) is 2.88. The minimum absolute atomic E-state index is 0.507. The van der Waals surface area contributed by atoms with E-state index >= 15 is 0 Å². The van der Waals surface area contributed by atoms with E-state index in [1.54, 1.807) is 0 Å². The third-order valence-corrected chi connectivity index (χ3v) is 4.00. The fraction of sp³-hybridized carbons (Fsp3) is 0.263. The summed E-state index contributed by atoms with van der Waals surface area (Å²) >= 11 is 0. The molecule has 0 aromatic heterocycles. The van der Waals surface area contributed by atoms with Crippen molar-refractivity contribution >= 4 is 6.08 Å². The van der Waals surface area contributed by atoms with E-state index in [0.717, 1.165) is 12.2 Å². The standard InChI is InChI=1S/C19H21NO/c1-20-19-12-9-16-14-17(10-11-18(16)19)21-13-5-8-15-6-3-2-4-7-15/h2-8,10-11,14,19-20H,9,12-13H2,1H3/b8-5+. The lowest BCUT2D eigenvalue weighted by atomic mass is 10.1. The van der Waals surface area contributed by atoms with E-state index in [1.807, 2.05) is 25.2 Å². The highest BCUT2D eigenvalue weighted by atomic mass is 16.5. The number of ether oxygens (including phenoxy) is 1. The fourth-order valence-corrected chi connectivity index (χ4v) is 2.88. The molecule has 1 atom stereocenters. The average Bonchev–Trinajstić information content (AvgIpc) is 2.95. The Hall–Kier alpha value is -2.06. The third-order valence-electron chi connectivity index (χ3n) is 4.00. The van der Waals surface area contributed by atoms with Crippen LogP contribution in [-0.4, -0.2) is 13.7 Å². The molecule has 0 radical (unpaired) electrons. The minimum Gasteiger partial charge on any atom is -0.490 e. The minimum atomic E-state index is 0.507. The lowest BCUT2D eigenvalue weighted by molar-refractivity contribution is 0.363. The molecule has 1 aliphatic rings. The molecule has 0 saturated carbocycles. The van der Waals surface area contributed by atoms with Crippen LogP contribution < -0.4 is 10.1 Å². The summed E-state index contributed by atoms with van der Waals surface area (Å²) < 4.78 is 5.81. The Morgan fingerprint density at radius 3 is 2.86 bits per heavy atom. The molecule has 3 rings (SSSR count). The topological polar surface area (TPSA) is 21.3 Å². The van der Waals surface area contributed by atoms with Crippen LogP contribution in [0.3, 0.4) is 0 Å². The summed E-state index contributed by atoms with van der Waals surface area (Å²) in [5.74, 6) is 0.961. The van der Waals surface area contributed by atoms with E-state index in [4.69, 9.17) is 4.74 Å². The van der Waals surface area contributed by atoms with Gasteiger partial charge in [0.1, 0.15) is 12.4 Å². The zero-order valence-electron chi connectivity index (χ0n) is 12.4. The van der Waals surface area contributed by atoms with Crippen molar-refractivity contribution in [2.75, 3.05) is 13.7 Å². The summed E-state index contributed by atoms with van der Waals surface area (Å²) in [5.41, 5.74) is 4.04. The summed E-state index contributed by atoms with van der Waals surface area (Å²) in [5, 5.41) is 3.36. The summed E-state index contributed by atoms with van der Waals surface area (Å²) in [6, 6.07) is 17.2. The number of benzene rings is 2. The average molecular weight is 279 g/mol. The van der Waals surface area contributed by atoms with Crippen LogP contribution >= 0.6 is 0 Å². The van der Waals surface area contributed by atoms with Gasteiger partial charge < -0.3 is 10.1 Å². The Bertz CT molecular complexity index is 619. The van der Waals surface area contributed by atoms with E-state index < -0.39 is 0 Å². The van der Waals surface area contributed by atoms with E-state index in [-0.39, 0.29) is 0 Å². The smallest absolute Gasteiger partial charge is 0.120 e. The van der Waals surface area contributed by atoms with Gasteiger partial charge in [-0.3, -0.25) is 0 Å². The maximum absolute atomic E-state index is 5.81. The summed E-state index contributed by atoms with van der Waals surface area (Å²) in [6.07, 6.45) is 6.46. The molecular formula is C19H21NO. The zero-order valence-corrected chi connectivity index (χ0v) is 12.4. The Labute approximate surface area is 126 Å². The SMILES string of the molecule is CNC1CCc2cc(OC/C=C/c3ccccc3)ccc21. The van der Waals surface area contributed by atoms with Crippen LogP contribution in [0.5, 0.6) is 5.75 Å². The van der Waals surface area contributed by atoms with Crippen molar-refractivity contribution in [3.05, 3.63) is 71.3 Å². The molecule has 0 amide bonds. The first-order valence-corrected chi connectivity index (χ1v) is 7.51. The van der Waals surface area contributed by atoms with Crippen LogP contribution in [0, 0.1) is 0 Å². The molecule has 1 N–H and O–H groups in total. The van der Waals surface area contributed by atoms with Gasteiger partial charge in [0.2, 0.25) is 0 Å². The number of fused-ring (bicyclic) bond motifs is 1. The van der Waals surface area contributed by atoms with Gasteiger partial charge in [0.15, 0.2) is 0 Å². The predicted octanol–water partition coefficient (Wildman–Crippen LogP) is 3.99. The Morgan fingerprint density at radius 1 is 1.19 bits per heavy atom. The largest absolute Gasteiger partial charge is 0.490 e. The molecule has 2 aromatic carbocycles. The lowest BCUT2D eigenvalue weighted by Crippen LogP contribution is -2.12. The maximum Gasteiger partial charge on any atom is 0.120 e. The maximum atomic E-state index is 5.81. The van der Waals surface area contributed by atoms with Crippen molar-refractivity contribution in [2.24, 2.45) is 0 Å². The van der Waals surface area contributed by atoms with Crippen LogP contribution in [0.4, 0.5) is 0 Å². The normalized spacial score (nSPS) is 17.1. The first kappa shape index (κ1) is 13.9. The van der Waals surface area contributed by atoms with Crippen molar-refractivity contribution in [3.63, 3.8) is 0 Å². The second-order valence-corrected chi connectivity index (χ2v) is 5.36. The Morgan fingerprint density at radius 2 is 2.05 bits per heavy atom. The molecule has 0 saturated heterocycles. The molecule has 2 heteroatoms. The molecule has 1 aliphatic carbocycles. The summed E-state index contributed by atoms with van der Waals surface area (Å²) in [6.45, 7) is 0.600. The molecular weight excluding hydrogens is 258 g/mol. The van der Waals surface area contributed by atoms with E-state index in [9.17, 15) is 0 Å². The molecule has 0 aliphatic heterocycles. The first-order valence-electron chi connectivity index (χ1n) is 7.51.